The molecule has 0 aliphatic carbocycles. The summed E-state index contributed by atoms with van der Waals surface area (Å²) in [5.41, 5.74) is 1.20. The molecule has 0 spiro atoms. The van der Waals surface area contributed by atoms with E-state index in [4.69, 9.17) is 14.0 Å². The molecule has 1 aromatic rings. The molecule has 0 saturated heterocycles. The highest BCUT2D eigenvalue weighted by molar-refractivity contribution is 7.86. The van der Waals surface area contributed by atoms with Crippen LogP contribution in [0, 0.1) is 6.92 Å². The van der Waals surface area contributed by atoms with Crippen molar-refractivity contribution in [3.8, 4) is 0 Å². The topological polar surface area (TPSA) is 116 Å². The molecule has 0 aromatic heterocycles. The minimum atomic E-state index is -3.81. The predicted molar refractivity (Wildman–Crippen MR) is 98.3 cm³/mol. The smallest absolute Gasteiger partial charge is 0.333 e. The molecule has 0 radical (unpaired) electrons. The van der Waals surface area contributed by atoms with Gasteiger partial charge >= 0.3 is 11.9 Å². The quantitative estimate of drug-likeness (QED) is 0.287. The molecule has 0 aliphatic heterocycles. The maximum absolute atomic E-state index is 11.7. The minimum Gasteiger partial charge on any atom is -0.460 e. The number of carbonyl (C=O) groups is 2. The Morgan fingerprint density at radius 1 is 1.11 bits per heavy atom. The fraction of sp³-hybridized carbons (Fsp3) is 0.333. The van der Waals surface area contributed by atoms with E-state index in [0.717, 1.165) is 11.6 Å². The van der Waals surface area contributed by atoms with Gasteiger partial charge in [-0.15, -0.1) is 0 Å². The van der Waals surface area contributed by atoms with Crippen LogP contribution in [-0.4, -0.2) is 51.9 Å². The zero-order chi connectivity index (χ0) is 20.9. The van der Waals surface area contributed by atoms with Gasteiger partial charge in [0.05, 0.1) is 11.5 Å². The van der Waals surface area contributed by atoms with Gasteiger partial charge in [-0.25, -0.2) is 9.59 Å². The van der Waals surface area contributed by atoms with Crippen LogP contribution >= 0.6 is 0 Å². The van der Waals surface area contributed by atoms with Crippen LogP contribution in [0.25, 0.3) is 0 Å². The molecule has 27 heavy (non-hydrogen) atoms. The van der Waals surface area contributed by atoms with E-state index in [1.54, 1.807) is 12.1 Å². The van der Waals surface area contributed by atoms with Crippen LogP contribution in [0.5, 0.6) is 0 Å². The summed E-state index contributed by atoms with van der Waals surface area (Å²) < 4.78 is 37.3. The minimum absolute atomic E-state index is 0.0465. The van der Waals surface area contributed by atoms with E-state index in [9.17, 15) is 18.0 Å². The molecule has 0 bridgehead atoms. The summed E-state index contributed by atoms with van der Waals surface area (Å²) in [6.45, 7) is 9.46. The van der Waals surface area contributed by atoms with Gasteiger partial charge in [0.2, 0.25) is 0 Å². The van der Waals surface area contributed by atoms with Gasteiger partial charge in [-0.1, -0.05) is 30.9 Å². The number of hydrogen-bond acceptors (Lipinski definition) is 8. The Labute approximate surface area is 159 Å². The van der Waals surface area contributed by atoms with Gasteiger partial charge in [0.25, 0.3) is 10.1 Å². The molecule has 1 N–H and O–H groups in total. The lowest BCUT2D eigenvalue weighted by atomic mass is 10.2. The number of aliphatic hydroxyl groups is 1. The lowest BCUT2D eigenvalue weighted by Gasteiger charge is -2.07. The molecule has 0 amide bonds. The van der Waals surface area contributed by atoms with Crippen LogP contribution in [0.3, 0.4) is 0 Å². The molecule has 150 valence electrons. The number of esters is 2. The first-order valence-electron chi connectivity index (χ1n) is 7.82. The van der Waals surface area contributed by atoms with Crippen LogP contribution in [0.1, 0.15) is 12.5 Å². The maximum atomic E-state index is 11.7. The van der Waals surface area contributed by atoms with Gasteiger partial charge in [-0.2, -0.15) is 8.42 Å². The lowest BCUT2D eigenvalue weighted by molar-refractivity contribution is -0.140. The van der Waals surface area contributed by atoms with Crippen LogP contribution in [-0.2, 0) is 33.4 Å². The Morgan fingerprint density at radius 3 is 2.19 bits per heavy atom. The third-order valence-electron chi connectivity index (χ3n) is 2.72. The Balaban J connectivity index is 0.000000713. The summed E-state index contributed by atoms with van der Waals surface area (Å²) in [6.07, 6.45) is 1.05. The molecular weight excluding hydrogens is 376 g/mol. The van der Waals surface area contributed by atoms with Gasteiger partial charge in [0.1, 0.15) is 19.8 Å². The highest BCUT2D eigenvalue weighted by Gasteiger charge is 2.15. The molecule has 0 aliphatic rings. The number of aliphatic hydroxyl groups excluding tert-OH is 1. The van der Waals surface area contributed by atoms with E-state index in [1.165, 1.54) is 19.1 Å². The van der Waals surface area contributed by atoms with Crippen LogP contribution < -0.4 is 0 Å². The van der Waals surface area contributed by atoms with Crippen LogP contribution in [0.2, 0.25) is 0 Å². The predicted octanol–water partition coefficient (Wildman–Crippen LogP) is 1.53. The van der Waals surface area contributed by atoms with Crippen LogP contribution in [0.15, 0.2) is 54.0 Å². The summed E-state index contributed by atoms with van der Waals surface area (Å²) >= 11 is 0. The number of ether oxygens (including phenoxy) is 2. The van der Waals surface area contributed by atoms with Gasteiger partial charge in [0.15, 0.2) is 0 Å². The monoisotopic (exact) mass is 400 g/mol. The first kappa shape index (κ1) is 24.5. The average Bonchev–Trinajstić information content (AvgIpc) is 2.63. The zero-order valence-electron chi connectivity index (χ0n) is 15.3. The van der Waals surface area contributed by atoms with Crippen LogP contribution in [0.4, 0.5) is 0 Å². The molecule has 9 heteroatoms. The van der Waals surface area contributed by atoms with E-state index in [2.05, 4.69) is 17.9 Å². The van der Waals surface area contributed by atoms with Gasteiger partial charge < -0.3 is 14.6 Å². The number of aryl methyl sites for hydroxylation is 1. The summed E-state index contributed by atoms with van der Waals surface area (Å²) in [4.78, 5) is 21.2. The molecule has 0 unspecified atom stereocenters. The first-order valence-corrected chi connectivity index (χ1v) is 9.23. The van der Waals surface area contributed by atoms with E-state index in [1.807, 2.05) is 6.92 Å². The first-order chi connectivity index (χ1) is 12.6. The molecule has 0 atom stereocenters. The van der Waals surface area contributed by atoms with Crippen molar-refractivity contribution < 1.29 is 36.8 Å². The van der Waals surface area contributed by atoms with Crippen molar-refractivity contribution in [3.05, 3.63) is 54.6 Å². The average molecular weight is 400 g/mol. The van der Waals surface area contributed by atoms with E-state index >= 15 is 0 Å². The van der Waals surface area contributed by atoms with Gasteiger partial charge in [0, 0.05) is 11.6 Å². The standard InChI is InChI=1S/C13H16O5S.C5H8O3/c1-10(2)13(14)17-8-9-18-19(15,16)12-6-4-11(3)5-7-12;1-2-5(7)8-4-3-6/h4-7H,1,8-9H2,2-3H3;2,6H,1,3-4H2. The molecular formula is C18H24O8S. The fourth-order valence-corrected chi connectivity index (χ4v) is 2.27. The van der Waals surface area contributed by atoms with Gasteiger partial charge in [-0.05, 0) is 26.0 Å². The Hall–Kier alpha value is -2.49. The molecule has 0 fully saturated rings. The molecule has 8 nitrogen and oxygen atoms in total. The number of benzene rings is 1. The van der Waals surface area contributed by atoms with Gasteiger partial charge in [-0.3, -0.25) is 4.18 Å². The van der Waals surface area contributed by atoms with E-state index in [0.29, 0.717) is 0 Å². The van der Waals surface area contributed by atoms with E-state index < -0.39 is 22.1 Å². The third kappa shape index (κ3) is 11.0. The normalized spacial score (nSPS) is 10.2. The second-order valence-electron chi connectivity index (χ2n) is 5.10. The Kier molecular flexibility index (Phi) is 11.6. The number of rotatable bonds is 9. The van der Waals surface area contributed by atoms with Crippen molar-refractivity contribution in [2.24, 2.45) is 0 Å². The molecule has 0 saturated carbocycles. The van der Waals surface area contributed by atoms with Crippen molar-refractivity contribution in [3.63, 3.8) is 0 Å². The summed E-state index contributed by atoms with van der Waals surface area (Å²) in [5, 5.41) is 8.10. The Morgan fingerprint density at radius 2 is 1.70 bits per heavy atom. The molecule has 0 heterocycles. The summed E-state index contributed by atoms with van der Waals surface area (Å²) in [5.74, 6) is -1.07. The Bertz CT molecular complexity index is 735. The number of carbonyl (C=O) groups excluding carboxylic acids is 2. The lowest BCUT2D eigenvalue weighted by Crippen LogP contribution is -2.14. The van der Waals surface area contributed by atoms with Crippen molar-refractivity contribution in [2.75, 3.05) is 26.4 Å². The largest absolute Gasteiger partial charge is 0.460 e. The van der Waals surface area contributed by atoms with Crippen molar-refractivity contribution >= 4 is 22.1 Å². The second-order valence-corrected chi connectivity index (χ2v) is 6.72. The van der Waals surface area contributed by atoms with Crippen molar-refractivity contribution in [2.45, 2.75) is 18.7 Å². The zero-order valence-corrected chi connectivity index (χ0v) is 16.2. The summed E-state index contributed by atoms with van der Waals surface area (Å²) in [6, 6.07) is 6.28. The molecule has 1 aromatic carbocycles. The number of hydrogen-bond donors (Lipinski definition) is 1. The highest BCUT2D eigenvalue weighted by atomic mass is 32.2. The van der Waals surface area contributed by atoms with E-state index in [-0.39, 0.29) is 36.9 Å². The molecule has 1 rings (SSSR count). The summed E-state index contributed by atoms with van der Waals surface area (Å²) in [7, 11) is -3.81. The SMILES string of the molecule is C=C(C)C(=O)OCCOS(=O)(=O)c1ccc(C)cc1.C=CC(=O)OCCO. The fourth-order valence-electron chi connectivity index (χ4n) is 1.38. The van der Waals surface area contributed by atoms with Crippen molar-refractivity contribution in [1.82, 2.24) is 0 Å². The van der Waals surface area contributed by atoms with Crippen molar-refractivity contribution in [1.29, 1.82) is 0 Å². The maximum Gasteiger partial charge on any atom is 0.333 e. The highest BCUT2D eigenvalue weighted by Crippen LogP contribution is 2.12. The second kappa shape index (κ2) is 12.8. The third-order valence-corrected chi connectivity index (χ3v) is 4.04.